The minimum atomic E-state index is -0.368. The molecule has 0 aliphatic carbocycles. The summed E-state index contributed by atoms with van der Waals surface area (Å²) in [6.45, 7) is 1.69. The van der Waals surface area contributed by atoms with Crippen LogP contribution in [0.4, 0.5) is 4.39 Å². The molecule has 0 saturated carbocycles. The van der Waals surface area contributed by atoms with E-state index < -0.39 is 0 Å². The van der Waals surface area contributed by atoms with Crippen LogP contribution in [0.3, 0.4) is 0 Å². The van der Waals surface area contributed by atoms with Crippen LogP contribution in [-0.4, -0.2) is 4.98 Å². The fraction of sp³-hybridized carbons (Fsp3) is 0.286. The first-order valence-corrected chi connectivity index (χ1v) is 3.98. The highest BCUT2D eigenvalue weighted by Crippen LogP contribution is 2.15. The molecule has 0 amide bonds. The van der Waals surface area contributed by atoms with Gasteiger partial charge in [-0.25, -0.2) is 9.37 Å². The van der Waals surface area contributed by atoms with E-state index in [4.69, 9.17) is 5.73 Å². The third-order valence-corrected chi connectivity index (χ3v) is 1.71. The highest BCUT2D eigenvalue weighted by Gasteiger charge is 2.07. The van der Waals surface area contributed by atoms with Gasteiger partial charge < -0.3 is 5.73 Å². The standard InChI is InChI=1S/C7H8BrFN2/c1-4(10)7-5(9)2-3-6(8)11-7/h2-4H,10H2,1H3/t4-/m1/s1. The molecule has 0 aliphatic rings. The first kappa shape index (κ1) is 8.62. The summed E-state index contributed by atoms with van der Waals surface area (Å²) >= 11 is 3.13. The summed E-state index contributed by atoms with van der Waals surface area (Å²) in [5.41, 5.74) is 5.75. The van der Waals surface area contributed by atoms with Gasteiger partial charge in [-0.3, -0.25) is 0 Å². The third-order valence-electron chi connectivity index (χ3n) is 1.27. The topological polar surface area (TPSA) is 38.9 Å². The third kappa shape index (κ3) is 1.97. The van der Waals surface area contributed by atoms with Gasteiger partial charge in [0.05, 0.1) is 5.69 Å². The minimum Gasteiger partial charge on any atom is -0.323 e. The molecule has 0 bridgehead atoms. The van der Waals surface area contributed by atoms with Crippen molar-refractivity contribution in [3.63, 3.8) is 0 Å². The molecule has 0 radical (unpaired) electrons. The van der Waals surface area contributed by atoms with Gasteiger partial charge in [-0.2, -0.15) is 0 Å². The van der Waals surface area contributed by atoms with Gasteiger partial charge in [-0.1, -0.05) is 0 Å². The van der Waals surface area contributed by atoms with E-state index in [-0.39, 0.29) is 11.9 Å². The lowest BCUT2D eigenvalue weighted by atomic mass is 10.2. The molecular weight excluding hydrogens is 211 g/mol. The summed E-state index contributed by atoms with van der Waals surface area (Å²) in [7, 11) is 0. The van der Waals surface area contributed by atoms with Gasteiger partial charge in [-0.15, -0.1) is 0 Å². The summed E-state index contributed by atoms with van der Waals surface area (Å²) in [6, 6.07) is 2.52. The predicted molar refractivity (Wildman–Crippen MR) is 44.5 cm³/mol. The Morgan fingerprint density at radius 1 is 1.64 bits per heavy atom. The molecule has 1 aromatic rings. The fourth-order valence-electron chi connectivity index (χ4n) is 0.752. The summed E-state index contributed by atoms with van der Waals surface area (Å²) in [4.78, 5) is 3.89. The van der Waals surface area contributed by atoms with E-state index in [1.807, 2.05) is 0 Å². The van der Waals surface area contributed by atoms with Crippen molar-refractivity contribution < 1.29 is 4.39 Å². The van der Waals surface area contributed by atoms with Crippen LogP contribution in [-0.2, 0) is 0 Å². The Morgan fingerprint density at radius 3 is 2.73 bits per heavy atom. The lowest BCUT2D eigenvalue weighted by Gasteiger charge is -2.05. The predicted octanol–water partition coefficient (Wildman–Crippen LogP) is 2.00. The number of hydrogen-bond acceptors (Lipinski definition) is 2. The van der Waals surface area contributed by atoms with Crippen LogP contribution in [0.15, 0.2) is 16.7 Å². The summed E-state index contributed by atoms with van der Waals surface area (Å²) < 4.78 is 13.5. The van der Waals surface area contributed by atoms with Gasteiger partial charge in [0.1, 0.15) is 10.4 Å². The van der Waals surface area contributed by atoms with Crippen LogP contribution in [0.25, 0.3) is 0 Å². The van der Waals surface area contributed by atoms with Crippen molar-refractivity contribution in [1.82, 2.24) is 4.98 Å². The molecule has 2 N–H and O–H groups in total. The Hall–Kier alpha value is -0.480. The van der Waals surface area contributed by atoms with E-state index in [9.17, 15) is 4.39 Å². The van der Waals surface area contributed by atoms with Crippen molar-refractivity contribution in [3.05, 3.63) is 28.2 Å². The van der Waals surface area contributed by atoms with Crippen molar-refractivity contribution >= 4 is 15.9 Å². The van der Waals surface area contributed by atoms with Crippen LogP contribution >= 0.6 is 15.9 Å². The molecular formula is C7H8BrFN2. The van der Waals surface area contributed by atoms with E-state index in [2.05, 4.69) is 20.9 Å². The Bertz CT molecular complexity index is 263. The molecule has 0 unspecified atom stereocenters. The SMILES string of the molecule is C[C@@H](N)c1nc(Br)ccc1F. The van der Waals surface area contributed by atoms with Crippen LogP contribution in [0, 0.1) is 5.82 Å². The van der Waals surface area contributed by atoms with E-state index in [0.29, 0.717) is 10.3 Å². The summed E-state index contributed by atoms with van der Waals surface area (Å²) in [6.07, 6.45) is 0. The molecule has 1 rings (SSSR count). The summed E-state index contributed by atoms with van der Waals surface area (Å²) in [5, 5.41) is 0. The fourth-order valence-corrected chi connectivity index (χ4v) is 1.08. The average Bonchev–Trinajstić information content (AvgIpc) is 1.94. The Labute approximate surface area is 72.8 Å². The number of pyridine rings is 1. The molecule has 1 aromatic heterocycles. The van der Waals surface area contributed by atoms with Crippen molar-refractivity contribution in [1.29, 1.82) is 0 Å². The molecule has 0 saturated heterocycles. The number of hydrogen-bond donors (Lipinski definition) is 1. The van der Waals surface area contributed by atoms with Crippen molar-refractivity contribution in [2.24, 2.45) is 5.73 Å². The maximum Gasteiger partial charge on any atom is 0.146 e. The molecule has 2 nitrogen and oxygen atoms in total. The molecule has 4 heteroatoms. The maximum atomic E-state index is 12.9. The van der Waals surface area contributed by atoms with Crippen LogP contribution in [0.5, 0.6) is 0 Å². The van der Waals surface area contributed by atoms with Gasteiger partial charge in [-0.05, 0) is 35.0 Å². The van der Waals surface area contributed by atoms with Crippen molar-refractivity contribution in [2.45, 2.75) is 13.0 Å². The number of halogens is 2. The minimum absolute atomic E-state index is 0.291. The van der Waals surface area contributed by atoms with Crippen LogP contribution < -0.4 is 5.73 Å². The van der Waals surface area contributed by atoms with Gasteiger partial charge in [0.25, 0.3) is 0 Å². The molecule has 60 valence electrons. The van der Waals surface area contributed by atoms with E-state index >= 15 is 0 Å². The Balaban J connectivity index is 3.13. The first-order valence-electron chi connectivity index (χ1n) is 3.19. The first-order chi connectivity index (χ1) is 5.11. The maximum absolute atomic E-state index is 12.9. The van der Waals surface area contributed by atoms with Gasteiger partial charge in [0.15, 0.2) is 0 Å². The zero-order valence-electron chi connectivity index (χ0n) is 6.01. The largest absolute Gasteiger partial charge is 0.323 e. The van der Waals surface area contributed by atoms with Gasteiger partial charge in [0, 0.05) is 6.04 Å². The number of nitrogens with two attached hydrogens (primary N) is 1. The zero-order valence-corrected chi connectivity index (χ0v) is 7.60. The average molecular weight is 219 g/mol. The zero-order chi connectivity index (χ0) is 8.43. The van der Waals surface area contributed by atoms with Crippen LogP contribution in [0.2, 0.25) is 0 Å². The second kappa shape index (κ2) is 3.28. The Kier molecular flexibility index (Phi) is 2.57. The smallest absolute Gasteiger partial charge is 0.146 e. The normalized spacial score (nSPS) is 13.1. The quantitative estimate of drug-likeness (QED) is 0.733. The molecule has 1 atom stereocenters. The molecule has 0 spiro atoms. The Morgan fingerprint density at radius 2 is 2.27 bits per heavy atom. The number of nitrogens with zero attached hydrogens (tertiary/aromatic N) is 1. The van der Waals surface area contributed by atoms with E-state index in [1.165, 1.54) is 6.07 Å². The highest BCUT2D eigenvalue weighted by molar-refractivity contribution is 9.10. The van der Waals surface area contributed by atoms with E-state index in [1.54, 1.807) is 13.0 Å². The van der Waals surface area contributed by atoms with Gasteiger partial charge >= 0.3 is 0 Å². The van der Waals surface area contributed by atoms with Gasteiger partial charge in [0.2, 0.25) is 0 Å². The summed E-state index contributed by atoms with van der Waals surface area (Å²) in [5.74, 6) is -0.358. The number of rotatable bonds is 1. The molecule has 1 heterocycles. The lowest BCUT2D eigenvalue weighted by molar-refractivity contribution is 0.578. The van der Waals surface area contributed by atoms with Crippen molar-refractivity contribution in [3.8, 4) is 0 Å². The van der Waals surface area contributed by atoms with Crippen molar-refractivity contribution in [2.75, 3.05) is 0 Å². The monoisotopic (exact) mass is 218 g/mol. The van der Waals surface area contributed by atoms with E-state index in [0.717, 1.165) is 0 Å². The van der Waals surface area contributed by atoms with Crippen LogP contribution in [0.1, 0.15) is 18.7 Å². The molecule has 0 aliphatic heterocycles. The number of aromatic nitrogens is 1. The highest BCUT2D eigenvalue weighted by atomic mass is 79.9. The molecule has 0 aromatic carbocycles. The second-order valence-electron chi connectivity index (χ2n) is 2.29. The molecule has 11 heavy (non-hydrogen) atoms. The lowest BCUT2D eigenvalue weighted by Crippen LogP contribution is -2.09. The molecule has 0 fully saturated rings. The second-order valence-corrected chi connectivity index (χ2v) is 3.10.